The number of nitrogens with zero attached hydrogens (tertiary/aromatic N) is 2. The molecule has 0 aliphatic heterocycles. The van der Waals surface area contributed by atoms with E-state index in [1.54, 1.807) is 30.7 Å². The Hall–Kier alpha value is -1.33. The number of pyridine rings is 1. The first-order chi connectivity index (χ1) is 8.31. The first-order valence-corrected chi connectivity index (χ1v) is 6.22. The van der Waals surface area contributed by atoms with E-state index >= 15 is 0 Å². The lowest BCUT2D eigenvalue weighted by molar-refractivity contribution is 0.0367. The maximum Gasteiger partial charge on any atom is 0.250 e. The average molecular weight is 253 g/mol. The summed E-state index contributed by atoms with van der Waals surface area (Å²) in [4.78, 5) is 13.7. The van der Waals surface area contributed by atoms with Crippen LogP contribution in [0.15, 0.2) is 23.1 Å². The van der Waals surface area contributed by atoms with Crippen LogP contribution in [0, 0.1) is 0 Å². The fraction of sp³-hybridized carbons (Fsp3) is 0.615. The van der Waals surface area contributed by atoms with Crippen molar-refractivity contribution < 1.29 is 5.11 Å². The maximum atomic E-state index is 11.6. The third-order valence-corrected chi connectivity index (χ3v) is 2.72. The Labute approximate surface area is 108 Å². The Kier molecular flexibility index (Phi) is 4.93. The number of nitrogen functional groups attached to an aromatic ring is 1. The molecule has 0 amide bonds. The van der Waals surface area contributed by atoms with E-state index in [0.717, 1.165) is 6.54 Å². The van der Waals surface area contributed by atoms with Gasteiger partial charge in [0.05, 0.1) is 5.60 Å². The first-order valence-electron chi connectivity index (χ1n) is 6.22. The molecule has 0 saturated carbocycles. The number of nitrogens with two attached hydrogens (primary N) is 1. The molecule has 1 rings (SSSR count). The van der Waals surface area contributed by atoms with Crippen molar-refractivity contribution in [1.29, 1.82) is 0 Å². The summed E-state index contributed by atoms with van der Waals surface area (Å²) in [5, 5.41) is 9.78. The van der Waals surface area contributed by atoms with Gasteiger partial charge in [0.2, 0.25) is 0 Å². The molecule has 18 heavy (non-hydrogen) atoms. The lowest BCUT2D eigenvalue weighted by Crippen LogP contribution is -2.40. The topological polar surface area (TPSA) is 71.5 Å². The lowest BCUT2D eigenvalue weighted by Gasteiger charge is -2.28. The fourth-order valence-electron chi connectivity index (χ4n) is 1.87. The minimum Gasteiger partial charge on any atom is -0.398 e. The van der Waals surface area contributed by atoms with Gasteiger partial charge in [-0.1, -0.05) is 6.92 Å². The highest BCUT2D eigenvalue weighted by molar-refractivity contribution is 5.33. The number of aromatic nitrogens is 1. The lowest BCUT2D eigenvalue weighted by atomic mass is 10.1. The van der Waals surface area contributed by atoms with Crippen molar-refractivity contribution in [2.45, 2.75) is 32.9 Å². The molecular formula is C13H23N3O2. The second-order valence-corrected chi connectivity index (χ2v) is 5.18. The second kappa shape index (κ2) is 6.02. The Morgan fingerprint density at radius 3 is 2.67 bits per heavy atom. The highest BCUT2D eigenvalue weighted by Gasteiger charge is 2.16. The molecule has 102 valence electrons. The SMILES string of the molecule is CCN(CCn1cc(N)ccc1=O)CC(C)(C)O. The van der Waals surface area contributed by atoms with Gasteiger partial charge >= 0.3 is 0 Å². The van der Waals surface area contributed by atoms with Gasteiger partial charge in [0.1, 0.15) is 0 Å². The van der Waals surface area contributed by atoms with E-state index in [1.165, 1.54) is 6.07 Å². The molecule has 1 heterocycles. The van der Waals surface area contributed by atoms with Crippen molar-refractivity contribution in [3.05, 3.63) is 28.7 Å². The van der Waals surface area contributed by atoms with E-state index in [0.29, 0.717) is 25.3 Å². The number of anilines is 1. The summed E-state index contributed by atoms with van der Waals surface area (Å²) in [6.45, 7) is 8.30. The first kappa shape index (κ1) is 14.7. The van der Waals surface area contributed by atoms with Crippen molar-refractivity contribution in [1.82, 2.24) is 9.47 Å². The predicted octanol–water partition coefficient (Wildman–Crippen LogP) is 0.523. The van der Waals surface area contributed by atoms with Crippen molar-refractivity contribution >= 4 is 5.69 Å². The van der Waals surface area contributed by atoms with Gasteiger partial charge in [0.15, 0.2) is 0 Å². The minimum atomic E-state index is -0.726. The molecule has 1 aromatic rings. The predicted molar refractivity (Wildman–Crippen MR) is 73.5 cm³/mol. The number of aliphatic hydroxyl groups is 1. The minimum absolute atomic E-state index is 0.0523. The van der Waals surface area contributed by atoms with Crippen LogP contribution in [-0.2, 0) is 6.54 Å². The monoisotopic (exact) mass is 253 g/mol. The van der Waals surface area contributed by atoms with Crippen LogP contribution < -0.4 is 11.3 Å². The van der Waals surface area contributed by atoms with Gasteiger partial charge in [0.25, 0.3) is 5.56 Å². The van der Waals surface area contributed by atoms with E-state index in [1.807, 2.05) is 6.92 Å². The normalized spacial score (nSPS) is 12.1. The molecule has 5 heteroatoms. The summed E-state index contributed by atoms with van der Waals surface area (Å²) < 4.78 is 1.60. The quantitative estimate of drug-likeness (QED) is 0.775. The Balaban J connectivity index is 2.63. The van der Waals surface area contributed by atoms with Gasteiger partial charge in [-0.25, -0.2) is 0 Å². The molecule has 3 N–H and O–H groups in total. The summed E-state index contributed by atoms with van der Waals surface area (Å²) in [5.74, 6) is 0. The summed E-state index contributed by atoms with van der Waals surface area (Å²) in [6.07, 6.45) is 1.65. The van der Waals surface area contributed by atoms with Gasteiger partial charge in [-0.3, -0.25) is 9.69 Å². The maximum absolute atomic E-state index is 11.6. The molecule has 0 aromatic carbocycles. The van der Waals surface area contributed by atoms with Gasteiger partial charge in [-0.2, -0.15) is 0 Å². The van der Waals surface area contributed by atoms with Crippen molar-refractivity contribution in [3.63, 3.8) is 0 Å². The Morgan fingerprint density at radius 1 is 1.44 bits per heavy atom. The summed E-state index contributed by atoms with van der Waals surface area (Å²) in [7, 11) is 0. The third-order valence-electron chi connectivity index (χ3n) is 2.72. The number of rotatable bonds is 6. The number of hydrogen-bond donors (Lipinski definition) is 2. The van der Waals surface area contributed by atoms with Crippen LogP contribution in [-0.4, -0.2) is 39.8 Å². The van der Waals surface area contributed by atoms with Crippen molar-refractivity contribution in [2.24, 2.45) is 0 Å². The molecule has 0 spiro atoms. The zero-order valence-corrected chi connectivity index (χ0v) is 11.4. The molecule has 0 bridgehead atoms. The molecule has 0 saturated heterocycles. The molecule has 0 radical (unpaired) electrons. The van der Waals surface area contributed by atoms with Gasteiger partial charge in [-0.05, 0) is 26.5 Å². The van der Waals surface area contributed by atoms with E-state index in [-0.39, 0.29) is 5.56 Å². The van der Waals surface area contributed by atoms with Crippen LogP contribution in [0.1, 0.15) is 20.8 Å². The van der Waals surface area contributed by atoms with Gasteiger partial charge < -0.3 is 15.4 Å². The number of likely N-dealkylation sites (N-methyl/N-ethyl adjacent to an activating group) is 1. The molecule has 0 aliphatic carbocycles. The zero-order valence-electron chi connectivity index (χ0n) is 11.4. The summed E-state index contributed by atoms with van der Waals surface area (Å²) >= 11 is 0. The van der Waals surface area contributed by atoms with E-state index < -0.39 is 5.60 Å². The van der Waals surface area contributed by atoms with Crippen LogP contribution in [0.3, 0.4) is 0 Å². The molecule has 1 aromatic heterocycles. The third kappa shape index (κ3) is 4.89. The fourth-order valence-corrected chi connectivity index (χ4v) is 1.87. The molecule has 5 nitrogen and oxygen atoms in total. The molecular weight excluding hydrogens is 230 g/mol. The highest BCUT2D eigenvalue weighted by Crippen LogP contribution is 2.05. The molecule has 0 unspecified atom stereocenters. The van der Waals surface area contributed by atoms with Gasteiger partial charge in [0, 0.05) is 37.6 Å². The molecule has 0 fully saturated rings. The van der Waals surface area contributed by atoms with Crippen LogP contribution in [0.5, 0.6) is 0 Å². The van der Waals surface area contributed by atoms with Crippen LogP contribution in [0.25, 0.3) is 0 Å². The Morgan fingerprint density at radius 2 is 2.11 bits per heavy atom. The molecule has 0 atom stereocenters. The van der Waals surface area contributed by atoms with E-state index in [9.17, 15) is 9.90 Å². The van der Waals surface area contributed by atoms with Crippen LogP contribution in [0.4, 0.5) is 5.69 Å². The Bertz CT molecular complexity index is 435. The number of hydrogen-bond acceptors (Lipinski definition) is 4. The second-order valence-electron chi connectivity index (χ2n) is 5.18. The zero-order chi connectivity index (χ0) is 13.8. The summed E-state index contributed by atoms with van der Waals surface area (Å²) in [5.41, 5.74) is 5.46. The van der Waals surface area contributed by atoms with E-state index in [2.05, 4.69) is 4.90 Å². The largest absolute Gasteiger partial charge is 0.398 e. The van der Waals surface area contributed by atoms with Crippen LogP contribution in [0.2, 0.25) is 0 Å². The summed E-state index contributed by atoms with van der Waals surface area (Å²) in [6, 6.07) is 3.08. The standard InChI is InChI=1S/C13H23N3O2/c1-4-15(10-13(2,3)18)7-8-16-9-11(14)5-6-12(16)17/h5-6,9,18H,4,7-8,10,14H2,1-3H3. The molecule has 0 aliphatic rings. The van der Waals surface area contributed by atoms with Gasteiger partial charge in [-0.15, -0.1) is 0 Å². The van der Waals surface area contributed by atoms with E-state index in [4.69, 9.17) is 5.73 Å². The average Bonchev–Trinajstić information content (AvgIpc) is 2.27. The van der Waals surface area contributed by atoms with Crippen LogP contribution >= 0.6 is 0 Å². The van der Waals surface area contributed by atoms with Crippen molar-refractivity contribution in [3.8, 4) is 0 Å². The van der Waals surface area contributed by atoms with Crippen molar-refractivity contribution in [2.75, 3.05) is 25.4 Å². The smallest absolute Gasteiger partial charge is 0.250 e. The highest BCUT2D eigenvalue weighted by atomic mass is 16.3.